The van der Waals surface area contributed by atoms with Gasteiger partial charge in [0.05, 0.1) is 12.0 Å². The molecule has 0 aromatic heterocycles. The van der Waals surface area contributed by atoms with Crippen LogP contribution in [0.2, 0.25) is 0 Å². The number of anilines is 1. The number of rotatable bonds is 7. The van der Waals surface area contributed by atoms with E-state index in [0.29, 0.717) is 30.9 Å². The van der Waals surface area contributed by atoms with Gasteiger partial charge in [-0.15, -0.1) is 0 Å². The molecule has 2 aromatic rings. The molecule has 0 radical (unpaired) electrons. The van der Waals surface area contributed by atoms with E-state index in [2.05, 4.69) is 0 Å². The van der Waals surface area contributed by atoms with Crippen LogP contribution in [-0.4, -0.2) is 52.5 Å². The predicted molar refractivity (Wildman–Crippen MR) is 111 cm³/mol. The van der Waals surface area contributed by atoms with Crippen molar-refractivity contribution in [3.63, 3.8) is 0 Å². The molecule has 7 nitrogen and oxygen atoms in total. The highest BCUT2D eigenvalue weighted by Gasteiger charge is 2.32. The molecule has 156 valence electrons. The number of hydrogen-bond donors (Lipinski definition) is 0. The third kappa shape index (κ3) is 4.23. The Morgan fingerprint density at radius 1 is 1.17 bits per heavy atom. The van der Waals surface area contributed by atoms with Gasteiger partial charge in [-0.05, 0) is 48.7 Å². The molecular weight excluding hydrogens is 392 g/mol. The number of ether oxygens (including phenoxy) is 2. The van der Waals surface area contributed by atoms with Gasteiger partial charge in [0.25, 0.3) is 5.91 Å². The topological polar surface area (TPSA) is 76.1 Å². The zero-order chi connectivity index (χ0) is 21.2. The quantitative estimate of drug-likeness (QED) is 0.691. The summed E-state index contributed by atoms with van der Waals surface area (Å²) in [4.78, 5) is 15.0. The Balaban J connectivity index is 1.82. The molecule has 0 spiro atoms. The SMILES string of the molecule is CC[C@@H](Oc1cccc(OC)c1)C(=O)N1CCc2cc(S(=O)(=O)N(C)C)ccc21. The molecule has 1 amide bonds. The first-order chi connectivity index (χ1) is 13.8. The fourth-order valence-electron chi connectivity index (χ4n) is 3.30. The number of benzene rings is 2. The van der Waals surface area contributed by atoms with Gasteiger partial charge in [0.2, 0.25) is 10.0 Å². The maximum absolute atomic E-state index is 13.1. The van der Waals surface area contributed by atoms with Crippen molar-refractivity contribution in [3.8, 4) is 11.5 Å². The van der Waals surface area contributed by atoms with Crippen LogP contribution in [0.3, 0.4) is 0 Å². The lowest BCUT2D eigenvalue weighted by Crippen LogP contribution is -2.41. The first-order valence-electron chi connectivity index (χ1n) is 9.45. The number of carbonyl (C=O) groups excluding carboxylic acids is 1. The lowest BCUT2D eigenvalue weighted by atomic mass is 10.1. The monoisotopic (exact) mass is 418 g/mol. The second kappa shape index (κ2) is 8.42. The molecule has 3 rings (SSSR count). The van der Waals surface area contributed by atoms with E-state index < -0.39 is 16.1 Å². The largest absolute Gasteiger partial charge is 0.497 e. The standard InChI is InChI=1S/C21H26N2O5S/c1-5-20(28-17-8-6-7-16(14-17)27-4)21(24)23-12-11-15-13-18(9-10-19(15)23)29(25,26)22(2)3/h6-10,13-14,20H,5,11-12H2,1-4H3/t20-/m1/s1. The van der Waals surface area contributed by atoms with Gasteiger partial charge < -0.3 is 14.4 Å². The maximum atomic E-state index is 13.1. The normalized spacial score (nSPS) is 14.6. The molecule has 1 atom stereocenters. The van der Waals surface area contributed by atoms with E-state index in [1.54, 1.807) is 42.3 Å². The smallest absolute Gasteiger partial charge is 0.268 e. The lowest BCUT2D eigenvalue weighted by Gasteiger charge is -2.24. The van der Waals surface area contributed by atoms with Gasteiger partial charge in [0.1, 0.15) is 11.5 Å². The molecule has 0 fully saturated rings. The van der Waals surface area contributed by atoms with Gasteiger partial charge in [-0.25, -0.2) is 12.7 Å². The average Bonchev–Trinajstić information content (AvgIpc) is 3.14. The van der Waals surface area contributed by atoms with Crippen molar-refractivity contribution in [1.29, 1.82) is 0 Å². The maximum Gasteiger partial charge on any atom is 0.268 e. The highest BCUT2D eigenvalue weighted by atomic mass is 32.2. The van der Waals surface area contributed by atoms with Gasteiger partial charge >= 0.3 is 0 Å². The summed E-state index contributed by atoms with van der Waals surface area (Å²) in [5.41, 5.74) is 1.58. The van der Waals surface area contributed by atoms with Crippen molar-refractivity contribution in [1.82, 2.24) is 4.31 Å². The van der Waals surface area contributed by atoms with Crippen LogP contribution in [0, 0.1) is 0 Å². The number of carbonyl (C=O) groups is 1. The molecule has 0 N–H and O–H groups in total. The molecule has 0 saturated carbocycles. The summed E-state index contributed by atoms with van der Waals surface area (Å²) in [6.07, 6.45) is 0.473. The summed E-state index contributed by atoms with van der Waals surface area (Å²) in [5.74, 6) is 1.08. The second-order valence-electron chi connectivity index (χ2n) is 7.01. The lowest BCUT2D eigenvalue weighted by molar-refractivity contribution is -0.125. The Bertz CT molecular complexity index is 1000. The summed E-state index contributed by atoms with van der Waals surface area (Å²) < 4.78 is 37.1. The number of fused-ring (bicyclic) bond motifs is 1. The fourth-order valence-corrected chi connectivity index (χ4v) is 4.25. The van der Waals surface area contributed by atoms with Crippen LogP contribution >= 0.6 is 0 Å². The van der Waals surface area contributed by atoms with E-state index in [-0.39, 0.29) is 10.8 Å². The van der Waals surface area contributed by atoms with Gasteiger partial charge in [0, 0.05) is 32.4 Å². The molecule has 1 aliphatic rings. The van der Waals surface area contributed by atoms with Crippen molar-refractivity contribution in [3.05, 3.63) is 48.0 Å². The van der Waals surface area contributed by atoms with Crippen LogP contribution in [-0.2, 0) is 21.2 Å². The van der Waals surface area contributed by atoms with Crippen LogP contribution in [0.25, 0.3) is 0 Å². The molecule has 0 unspecified atom stereocenters. The Morgan fingerprint density at radius 2 is 1.90 bits per heavy atom. The van der Waals surface area contributed by atoms with Gasteiger partial charge in [-0.1, -0.05) is 13.0 Å². The summed E-state index contributed by atoms with van der Waals surface area (Å²) >= 11 is 0. The predicted octanol–water partition coefficient (Wildman–Crippen LogP) is 2.69. The van der Waals surface area contributed by atoms with E-state index in [4.69, 9.17) is 9.47 Å². The molecule has 0 bridgehead atoms. The molecule has 1 aliphatic heterocycles. The number of amides is 1. The highest BCUT2D eigenvalue weighted by Crippen LogP contribution is 2.32. The van der Waals surface area contributed by atoms with E-state index in [1.165, 1.54) is 18.4 Å². The number of methoxy groups -OCH3 is 1. The van der Waals surface area contributed by atoms with Crippen LogP contribution in [0.5, 0.6) is 11.5 Å². The zero-order valence-electron chi connectivity index (χ0n) is 17.1. The van der Waals surface area contributed by atoms with Gasteiger partial charge in [-0.2, -0.15) is 0 Å². The molecule has 2 aromatic carbocycles. The molecule has 0 saturated heterocycles. The molecular formula is C21H26N2O5S. The van der Waals surface area contributed by atoms with Crippen molar-refractivity contribution >= 4 is 21.6 Å². The third-order valence-electron chi connectivity index (χ3n) is 4.96. The van der Waals surface area contributed by atoms with Crippen LogP contribution < -0.4 is 14.4 Å². The number of nitrogens with zero attached hydrogens (tertiary/aromatic N) is 2. The summed E-state index contributed by atoms with van der Waals surface area (Å²) in [7, 11) is 1.07. The Kier molecular flexibility index (Phi) is 6.14. The Hall–Kier alpha value is -2.58. The van der Waals surface area contributed by atoms with E-state index >= 15 is 0 Å². The van der Waals surface area contributed by atoms with Gasteiger partial charge in [-0.3, -0.25) is 4.79 Å². The van der Waals surface area contributed by atoms with Crippen molar-refractivity contribution < 1.29 is 22.7 Å². The van der Waals surface area contributed by atoms with Crippen molar-refractivity contribution in [2.45, 2.75) is 30.8 Å². The second-order valence-corrected chi connectivity index (χ2v) is 9.16. The third-order valence-corrected chi connectivity index (χ3v) is 6.77. The summed E-state index contributed by atoms with van der Waals surface area (Å²) in [5, 5.41) is 0. The fraction of sp³-hybridized carbons (Fsp3) is 0.381. The molecule has 8 heteroatoms. The van der Waals surface area contributed by atoms with Crippen molar-refractivity contribution in [2.75, 3.05) is 32.6 Å². The molecule has 1 heterocycles. The average molecular weight is 419 g/mol. The molecule has 0 aliphatic carbocycles. The van der Waals surface area contributed by atoms with E-state index in [0.717, 1.165) is 11.3 Å². The van der Waals surface area contributed by atoms with Gasteiger partial charge in [0.15, 0.2) is 6.10 Å². The zero-order valence-corrected chi connectivity index (χ0v) is 17.9. The number of sulfonamides is 1. The summed E-state index contributed by atoms with van der Waals surface area (Å²) in [6, 6.07) is 12.1. The first-order valence-corrected chi connectivity index (χ1v) is 10.9. The number of hydrogen-bond acceptors (Lipinski definition) is 5. The Labute approximate surface area is 171 Å². The van der Waals surface area contributed by atoms with Crippen LogP contribution in [0.1, 0.15) is 18.9 Å². The Morgan fingerprint density at radius 3 is 2.55 bits per heavy atom. The van der Waals surface area contributed by atoms with Crippen molar-refractivity contribution in [2.24, 2.45) is 0 Å². The first kappa shape index (κ1) is 21.1. The minimum Gasteiger partial charge on any atom is -0.497 e. The summed E-state index contributed by atoms with van der Waals surface area (Å²) in [6.45, 7) is 2.39. The minimum absolute atomic E-state index is 0.141. The van der Waals surface area contributed by atoms with Crippen LogP contribution in [0.4, 0.5) is 5.69 Å². The van der Waals surface area contributed by atoms with E-state index in [1.807, 2.05) is 19.1 Å². The van der Waals surface area contributed by atoms with Crippen LogP contribution in [0.15, 0.2) is 47.4 Å². The highest BCUT2D eigenvalue weighted by molar-refractivity contribution is 7.89. The van der Waals surface area contributed by atoms with E-state index in [9.17, 15) is 13.2 Å². The molecule has 29 heavy (non-hydrogen) atoms. The minimum atomic E-state index is -3.51.